The van der Waals surface area contributed by atoms with Crippen molar-refractivity contribution in [3.63, 3.8) is 0 Å². The van der Waals surface area contributed by atoms with Gasteiger partial charge in [-0.05, 0) is 68.4 Å². The predicted molar refractivity (Wildman–Crippen MR) is 147 cm³/mol. The summed E-state index contributed by atoms with van der Waals surface area (Å²) in [5.74, 6) is 0. The van der Waals surface area contributed by atoms with Crippen LogP contribution in [0.1, 0.15) is 0 Å². The molecule has 0 saturated carbocycles. The summed E-state index contributed by atoms with van der Waals surface area (Å²) in [6.07, 6.45) is 0. The fourth-order valence-electron chi connectivity index (χ4n) is 4.84. The number of nitrogens with two attached hydrogens (primary N) is 1. The molecule has 2 nitrogen and oxygen atoms in total. The Morgan fingerprint density at radius 3 is 2.12 bits per heavy atom. The monoisotopic (exact) mass is 452 g/mol. The average Bonchev–Trinajstić information content (AvgIpc) is 3.33. The van der Waals surface area contributed by atoms with Crippen molar-refractivity contribution in [2.75, 3.05) is 5.73 Å². The van der Waals surface area contributed by atoms with Gasteiger partial charge in [-0.25, -0.2) is 4.98 Å². The largest absolute Gasteiger partial charge is 0.399 e. The van der Waals surface area contributed by atoms with E-state index < -0.39 is 0 Å². The number of nitrogen functional groups attached to an aromatic ring is 1. The molecule has 0 radical (unpaired) electrons. The number of anilines is 1. The van der Waals surface area contributed by atoms with Gasteiger partial charge in [0.05, 0.1) is 10.2 Å². The van der Waals surface area contributed by atoms with Gasteiger partial charge >= 0.3 is 0 Å². The lowest BCUT2D eigenvalue weighted by Crippen LogP contribution is -1.85. The minimum atomic E-state index is 0.781. The lowest BCUT2D eigenvalue weighted by atomic mass is 9.97. The molecule has 0 fully saturated rings. The van der Waals surface area contributed by atoms with Gasteiger partial charge in [-0.2, -0.15) is 0 Å². The van der Waals surface area contributed by atoms with E-state index in [-0.39, 0.29) is 0 Å². The van der Waals surface area contributed by atoms with Crippen LogP contribution in [0.3, 0.4) is 0 Å². The summed E-state index contributed by atoms with van der Waals surface area (Å²) < 4.78 is 1.21. The Balaban J connectivity index is 1.43. The SMILES string of the molecule is Nc1ccc(-c2ccc3c(ccc4ccc5sc(-c6ccc7ccccc7c6)nc5c43)c2)cc1. The van der Waals surface area contributed by atoms with E-state index in [1.807, 2.05) is 12.1 Å². The maximum absolute atomic E-state index is 5.88. The summed E-state index contributed by atoms with van der Waals surface area (Å²) in [4.78, 5) is 5.16. The summed E-state index contributed by atoms with van der Waals surface area (Å²) in [6.45, 7) is 0. The molecule has 7 aromatic rings. The fraction of sp³-hybridized carbons (Fsp3) is 0. The van der Waals surface area contributed by atoms with E-state index in [0.717, 1.165) is 16.2 Å². The van der Waals surface area contributed by atoms with Crippen LogP contribution in [0.5, 0.6) is 0 Å². The summed E-state index contributed by atoms with van der Waals surface area (Å²) in [5, 5.41) is 8.44. The number of nitrogens with zero attached hydrogens (tertiary/aromatic N) is 1. The molecule has 0 saturated heterocycles. The van der Waals surface area contributed by atoms with E-state index in [9.17, 15) is 0 Å². The Morgan fingerprint density at radius 1 is 0.559 bits per heavy atom. The Morgan fingerprint density at radius 2 is 1.24 bits per heavy atom. The minimum Gasteiger partial charge on any atom is -0.399 e. The normalized spacial score (nSPS) is 11.6. The highest BCUT2D eigenvalue weighted by Crippen LogP contribution is 2.38. The molecule has 0 spiro atoms. The number of aromatic nitrogens is 1. The van der Waals surface area contributed by atoms with Crippen LogP contribution in [0.15, 0.2) is 109 Å². The van der Waals surface area contributed by atoms with Gasteiger partial charge in [-0.3, -0.25) is 0 Å². The van der Waals surface area contributed by atoms with E-state index in [4.69, 9.17) is 10.7 Å². The summed E-state index contributed by atoms with van der Waals surface area (Å²) in [7, 11) is 0. The van der Waals surface area contributed by atoms with Crippen LogP contribution in [-0.2, 0) is 0 Å². The second kappa shape index (κ2) is 7.41. The fourth-order valence-corrected chi connectivity index (χ4v) is 5.81. The van der Waals surface area contributed by atoms with Crippen molar-refractivity contribution in [1.82, 2.24) is 4.98 Å². The lowest BCUT2D eigenvalue weighted by molar-refractivity contribution is 1.50. The first-order valence-corrected chi connectivity index (χ1v) is 12.2. The third kappa shape index (κ3) is 3.06. The Bertz CT molecular complexity index is 1860. The quantitative estimate of drug-likeness (QED) is 0.210. The molecule has 6 aromatic carbocycles. The third-order valence-corrected chi connectivity index (χ3v) is 7.67. The highest BCUT2D eigenvalue weighted by molar-refractivity contribution is 7.21. The number of rotatable bonds is 2. The van der Waals surface area contributed by atoms with Gasteiger partial charge in [0, 0.05) is 16.6 Å². The van der Waals surface area contributed by atoms with Crippen molar-refractivity contribution >= 4 is 59.6 Å². The lowest BCUT2D eigenvalue weighted by Gasteiger charge is -2.08. The maximum atomic E-state index is 5.88. The summed E-state index contributed by atoms with van der Waals surface area (Å²) in [6, 6.07) is 38.7. The Kier molecular flexibility index (Phi) is 4.20. The molecule has 34 heavy (non-hydrogen) atoms. The standard InChI is InChI=1S/C31H20N2S/c32-26-13-9-20(10-14-26)23-11-15-27-24(17-23)7-6-21-12-16-28-30(29(21)27)33-31(34-28)25-8-5-19-3-1-2-4-22(19)18-25/h1-18H,32H2. The highest BCUT2D eigenvalue weighted by atomic mass is 32.1. The second-order valence-electron chi connectivity index (χ2n) is 8.71. The molecular formula is C31H20N2S. The van der Waals surface area contributed by atoms with Gasteiger partial charge in [0.1, 0.15) is 5.01 Å². The minimum absolute atomic E-state index is 0.781. The average molecular weight is 453 g/mol. The number of thiazole rings is 1. The summed E-state index contributed by atoms with van der Waals surface area (Å²) >= 11 is 1.76. The van der Waals surface area contributed by atoms with Gasteiger partial charge in [-0.1, -0.05) is 78.9 Å². The molecule has 7 rings (SSSR count). The van der Waals surface area contributed by atoms with Crippen molar-refractivity contribution in [1.29, 1.82) is 0 Å². The zero-order valence-corrected chi connectivity index (χ0v) is 19.1. The van der Waals surface area contributed by atoms with Crippen LogP contribution in [0.2, 0.25) is 0 Å². The van der Waals surface area contributed by atoms with Crippen LogP contribution >= 0.6 is 11.3 Å². The number of hydrogen-bond acceptors (Lipinski definition) is 3. The number of benzene rings is 6. The van der Waals surface area contributed by atoms with E-state index in [1.165, 1.54) is 53.7 Å². The van der Waals surface area contributed by atoms with Gasteiger partial charge in [0.25, 0.3) is 0 Å². The van der Waals surface area contributed by atoms with Crippen LogP contribution in [0.4, 0.5) is 5.69 Å². The maximum Gasteiger partial charge on any atom is 0.124 e. The first-order valence-electron chi connectivity index (χ1n) is 11.3. The molecule has 160 valence electrons. The zero-order chi connectivity index (χ0) is 22.6. The predicted octanol–water partition coefficient (Wildman–Crippen LogP) is 8.67. The molecule has 1 aromatic heterocycles. The topological polar surface area (TPSA) is 38.9 Å². The molecule has 3 heteroatoms. The molecule has 0 aliphatic heterocycles. The molecule has 0 atom stereocenters. The zero-order valence-electron chi connectivity index (χ0n) is 18.3. The van der Waals surface area contributed by atoms with Crippen LogP contribution in [0, 0.1) is 0 Å². The number of fused-ring (bicyclic) bond motifs is 6. The van der Waals surface area contributed by atoms with Gasteiger partial charge in [-0.15, -0.1) is 11.3 Å². The molecule has 2 N–H and O–H groups in total. The molecule has 1 heterocycles. The van der Waals surface area contributed by atoms with E-state index in [2.05, 4.69) is 97.1 Å². The van der Waals surface area contributed by atoms with Crippen molar-refractivity contribution in [3.05, 3.63) is 109 Å². The Labute approximate surface area is 200 Å². The highest BCUT2D eigenvalue weighted by Gasteiger charge is 2.13. The summed E-state index contributed by atoms with van der Waals surface area (Å²) in [5.41, 5.74) is 11.3. The molecule has 0 unspecified atom stereocenters. The van der Waals surface area contributed by atoms with Gasteiger partial charge < -0.3 is 5.73 Å². The van der Waals surface area contributed by atoms with Crippen molar-refractivity contribution in [2.45, 2.75) is 0 Å². The smallest absolute Gasteiger partial charge is 0.124 e. The first kappa shape index (κ1) is 19.3. The number of hydrogen-bond donors (Lipinski definition) is 1. The Hall–Kier alpha value is -4.21. The van der Waals surface area contributed by atoms with Crippen molar-refractivity contribution < 1.29 is 0 Å². The molecule has 0 aliphatic rings. The third-order valence-electron chi connectivity index (χ3n) is 6.60. The van der Waals surface area contributed by atoms with Gasteiger partial charge in [0.2, 0.25) is 0 Å². The van der Waals surface area contributed by atoms with E-state index in [1.54, 1.807) is 11.3 Å². The first-order chi connectivity index (χ1) is 16.7. The van der Waals surface area contributed by atoms with Crippen molar-refractivity contribution in [3.8, 4) is 21.7 Å². The van der Waals surface area contributed by atoms with E-state index in [0.29, 0.717) is 0 Å². The molecular weight excluding hydrogens is 432 g/mol. The molecule has 0 bridgehead atoms. The van der Waals surface area contributed by atoms with Crippen LogP contribution < -0.4 is 5.73 Å². The van der Waals surface area contributed by atoms with Gasteiger partial charge in [0.15, 0.2) is 0 Å². The van der Waals surface area contributed by atoms with Crippen molar-refractivity contribution in [2.24, 2.45) is 0 Å². The van der Waals surface area contributed by atoms with Crippen LogP contribution in [0.25, 0.3) is 64.2 Å². The molecule has 0 aliphatic carbocycles. The van der Waals surface area contributed by atoms with E-state index >= 15 is 0 Å². The van der Waals surface area contributed by atoms with Crippen LogP contribution in [-0.4, -0.2) is 4.98 Å². The molecule has 0 amide bonds. The second-order valence-corrected chi connectivity index (χ2v) is 9.75.